The molecule has 0 amide bonds. The van der Waals surface area contributed by atoms with Gasteiger partial charge in [-0.25, -0.2) is 4.98 Å². The molecule has 0 aliphatic carbocycles. The van der Waals surface area contributed by atoms with Gasteiger partial charge in [-0.15, -0.1) is 0 Å². The van der Waals surface area contributed by atoms with Crippen LogP contribution in [0.2, 0.25) is 0 Å². The highest BCUT2D eigenvalue weighted by Crippen LogP contribution is 2.10. The van der Waals surface area contributed by atoms with Gasteiger partial charge in [-0.1, -0.05) is 0 Å². The summed E-state index contributed by atoms with van der Waals surface area (Å²) in [5.41, 5.74) is -0.0819. The second kappa shape index (κ2) is 5.98. The van der Waals surface area contributed by atoms with E-state index in [2.05, 4.69) is 19.7 Å². The van der Waals surface area contributed by atoms with Crippen molar-refractivity contribution in [2.75, 3.05) is 13.2 Å². The van der Waals surface area contributed by atoms with Crippen LogP contribution in [0.15, 0.2) is 15.9 Å². The summed E-state index contributed by atoms with van der Waals surface area (Å²) in [5, 5.41) is 17.8. The predicted octanol–water partition coefficient (Wildman–Crippen LogP) is -0.595. The number of aliphatic hydroxyl groups is 2. The van der Waals surface area contributed by atoms with E-state index in [-0.39, 0.29) is 46.0 Å². The van der Waals surface area contributed by atoms with E-state index < -0.39 is 11.7 Å². The van der Waals surface area contributed by atoms with Crippen molar-refractivity contribution in [1.29, 1.82) is 1.28 Å². The Balaban J connectivity index is 2.32. The van der Waals surface area contributed by atoms with Gasteiger partial charge in [0.25, 0.3) is 5.56 Å². The van der Waals surface area contributed by atoms with Gasteiger partial charge in [0.1, 0.15) is 14.1 Å². The Labute approximate surface area is 110 Å². The normalized spacial score (nSPS) is 12.7. The lowest BCUT2D eigenvalue weighted by atomic mass is 10.4. The quantitative estimate of drug-likeness (QED) is 0.609. The van der Waals surface area contributed by atoms with Gasteiger partial charge in [0.2, 0.25) is 5.95 Å². The number of ether oxygens (including phenoxy) is 1. The van der Waals surface area contributed by atoms with Crippen LogP contribution >= 0.6 is 8.98 Å². The van der Waals surface area contributed by atoms with Crippen molar-refractivity contribution in [3.8, 4) is 0 Å². The molecule has 0 saturated heterocycles. The average Bonchev–Trinajstić information content (AvgIpc) is 2.84. The van der Waals surface area contributed by atoms with Crippen molar-refractivity contribution in [2.45, 2.75) is 12.8 Å². The molecular formula is C9H12N5O4P. The molecule has 0 aliphatic rings. The molecule has 0 unspecified atom stereocenters. The molecule has 2 aromatic rings. The zero-order chi connectivity index (χ0) is 14.5. The molecule has 0 aromatic carbocycles. The lowest BCUT2D eigenvalue weighted by Gasteiger charge is -2.12. The zero-order valence-corrected chi connectivity index (χ0v) is 10.6. The molecule has 3 N–H and O–H groups in total. The number of aliphatic hydroxyl groups excluding tert-OH is 2. The summed E-state index contributed by atoms with van der Waals surface area (Å²) >= 11 is 0. The number of fused-ring (bicyclic) bond motifs is 1. The van der Waals surface area contributed by atoms with Crippen molar-refractivity contribution in [3.05, 3.63) is 16.7 Å². The summed E-state index contributed by atoms with van der Waals surface area (Å²) in [7, 11) is -0.0288. The maximum Gasteiger partial charge on any atom is 0.280 e. The van der Waals surface area contributed by atoms with Crippen LogP contribution in [0.5, 0.6) is 0 Å². The van der Waals surface area contributed by atoms with E-state index >= 15 is 0 Å². The fraction of sp³-hybridized carbons (Fsp3) is 0.444. The molecule has 19 heavy (non-hydrogen) atoms. The first-order valence-corrected chi connectivity index (χ1v) is 5.73. The Morgan fingerprint density at radius 1 is 1.63 bits per heavy atom. The minimum Gasteiger partial charge on any atom is -0.394 e. The van der Waals surface area contributed by atoms with Crippen molar-refractivity contribution in [2.24, 2.45) is 4.74 Å². The Hall–Kier alpha value is -1.67. The van der Waals surface area contributed by atoms with Gasteiger partial charge in [-0.2, -0.15) is 9.73 Å². The molecule has 2 rings (SSSR count). The summed E-state index contributed by atoms with van der Waals surface area (Å²) < 4.78 is 17.3. The van der Waals surface area contributed by atoms with Crippen molar-refractivity contribution >= 4 is 26.1 Å². The molecule has 0 saturated carbocycles. The monoisotopic (exact) mass is 285 g/mol. The fourth-order valence-electron chi connectivity index (χ4n) is 1.43. The minimum atomic E-state index is -0.717. The largest absolute Gasteiger partial charge is 0.394 e. The highest BCUT2D eigenvalue weighted by molar-refractivity contribution is 7.04. The minimum absolute atomic E-state index is 0.0288. The van der Waals surface area contributed by atoms with Crippen molar-refractivity contribution in [3.63, 3.8) is 0 Å². The number of rotatable bonds is 6. The van der Waals surface area contributed by atoms with Crippen LogP contribution in [0.3, 0.4) is 0 Å². The van der Waals surface area contributed by atoms with Crippen LogP contribution in [-0.4, -0.2) is 50.3 Å². The molecule has 0 aliphatic heterocycles. The summed E-state index contributed by atoms with van der Waals surface area (Å²) in [6.45, 7) is -0.679. The van der Waals surface area contributed by atoms with Gasteiger partial charge in [0.05, 0.1) is 19.5 Å². The molecule has 10 heteroatoms. The van der Waals surface area contributed by atoms with Crippen molar-refractivity contribution < 1.29 is 14.9 Å². The summed E-state index contributed by atoms with van der Waals surface area (Å²) in [6, 6.07) is 0. The summed E-state index contributed by atoms with van der Waals surface area (Å²) in [5.74, 6) is 0.0294. The smallest absolute Gasteiger partial charge is 0.280 e. The number of aromatic nitrogens is 4. The van der Waals surface area contributed by atoms with Gasteiger partial charge in [-0.05, 0) is 8.98 Å². The maximum absolute atomic E-state index is 11.7. The number of aromatic amines is 1. The predicted molar refractivity (Wildman–Crippen MR) is 67.6 cm³/mol. The number of imidazole rings is 1. The Kier molecular flexibility index (Phi) is 3.89. The molecule has 0 spiro atoms. The number of hydrogen-bond acceptors (Lipinski definition) is 7. The molecule has 0 atom stereocenters. The Bertz CT molecular complexity index is 668. The first-order chi connectivity index (χ1) is 9.69. The van der Waals surface area contributed by atoms with Crippen molar-refractivity contribution in [1.82, 2.24) is 19.5 Å². The first kappa shape index (κ1) is 12.4. The van der Waals surface area contributed by atoms with Gasteiger partial charge in [-0.3, -0.25) is 14.3 Å². The van der Waals surface area contributed by atoms with Crippen LogP contribution in [-0.2, 0) is 11.5 Å². The van der Waals surface area contributed by atoms with Crippen LogP contribution in [0.1, 0.15) is 0 Å². The Morgan fingerprint density at radius 3 is 3.11 bits per heavy atom. The standard InChI is InChI=1S/C9H12N5O4P/c15-1-5(2-16)18-4-14-3-10-6-7(14)11-9(13-19)12-8(6)17/h3,5,15-16,19H,1-2,4H2,(H,11,12,17)/i19H. The topological polar surface area (TPSA) is 126 Å². The first-order valence-electron chi connectivity index (χ1n) is 5.78. The highest BCUT2D eigenvalue weighted by atomic mass is 31.0. The van der Waals surface area contributed by atoms with E-state index in [0.29, 0.717) is 0 Å². The van der Waals surface area contributed by atoms with E-state index in [4.69, 9.17) is 16.2 Å². The van der Waals surface area contributed by atoms with E-state index in [1.165, 1.54) is 10.9 Å². The van der Waals surface area contributed by atoms with Gasteiger partial charge >= 0.3 is 0 Å². The van der Waals surface area contributed by atoms with E-state index in [1.807, 2.05) is 0 Å². The lowest BCUT2D eigenvalue weighted by Crippen LogP contribution is -2.23. The third-order valence-electron chi connectivity index (χ3n) is 2.41. The molecule has 9 nitrogen and oxygen atoms in total. The molecule has 2 heterocycles. The second-order valence-electron chi connectivity index (χ2n) is 3.66. The molecule has 0 fully saturated rings. The number of H-pyrrole nitrogens is 1. The number of hydrogen-bond donors (Lipinski definition) is 3. The second-order valence-corrected chi connectivity index (χ2v) is 3.86. The fourth-order valence-corrected chi connectivity index (χ4v) is 1.53. The van der Waals surface area contributed by atoms with E-state index in [1.54, 1.807) is 0 Å². The number of nitrogens with one attached hydrogen (secondary N) is 1. The third kappa shape index (κ3) is 2.85. The molecular weight excluding hydrogens is 273 g/mol. The van der Waals surface area contributed by atoms with Crippen LogP contribution in [0.25, 0.3) is 11.2 Å². The average molecular weight is 285 g/mol. The van der Waals surface area contributed by atoms with Crippen LogP contribution in [0.4, 0.5) is 5.95 Å². The lowest BCUT2D eigenvalue weighted by molar-refractivity contribution is -0.0488. The zero-order valence-electron chi connectivity index (χ0n) is 10.7. The van der Waals surface area contributed by atoms with Crippen LogP contribution in [0, 0.1) is 0 Å². The summed E-state index contributed by atoms with van der Waals surface area (Å²) in [4.78, 5) is 22.1. The Morgan fingerprint density at radius 2 is 2.42 bits per heavy atom. The molecule has 0 bridgehead atoms. The van der Waals surface area contributed by atoms with Gasteiger partial charge < -0.3 is 14.9 Å². The van der Waals surface area contributed by atoms with Gasteiger partial charge in [0.15, 0.2) is 11.2 Å². The summed E-state index contributed by atoms with van der Waals surface area (Å²) in [6.07, 6.45) is 0.645. The van der Waals surface area contributed by atoms with Gasteiger partial charge in [0, 0.05) is 0 Å². The number of nitrogens with zero attached hydrogens (tertiary/aromatic N) is 4. The third-order valence-corrected chi connectivity index (χ3v) is 2.60. The van der Waals surface area contributed by atoms with E-state index in [9.17, 15) is 4.79 Å². The molecule has 0 radical (unpaired) electrons. The molecule has 102 valence electrons. The SMILES string of the molecule is [1H]P=Nc1nc2c(ncn2COC(CO)CO)c(=O)[nH]1. The maximum atomic E-state index is 11.7. The van der Waals surface area contributed by atoms with Crippen LogP contribution < -0.4 is 5.56 Å². The molecule has 2 aromatic heterocycles. The van der Waals surface area contributed by atoms with E-state index in [0.717, 1.165) is 0 Å². The highest BCUT2D eigenvalue weighted by Gasteiger charge is 2.12.